The van der Waals surface area contributed by atoms with Gasteiger partial charge in [0.25, 0.3) is 0 Å². The zero-order chi connectivity index (χ0) is 8.48. The van der Waals surface area contributed by atoms with Gasteiger partial charge in [-0.1, -0.05) is 0 Å². The first-order valence-electron chi connectivity index (χ1n) is 2.75. The Morgan fingerprint density at radius 3 is 1.92 bits per heavy atom. The van der Waals surface area contributed by atoms with Crippen LogP contribution in [0.1, 0.15) is 0 Å². The van der Waals surface area contributed by atoms with E-state index in [4.69, 9.17) is 0 Å². The average molecular weight is 212 g/mol. The summed E-state index contributed by atoms with van der Waals surface area (Å²) in [4.78, 5) is 0.396. The van der Waals surface area contributed by atoms with Gasteiger partial charge in [0.05, 0.1) is 4.90 Å². The molecule has 0 atom stereocenters. The number of benzene rings is 1. The van der Waals surface area contributed by atoms with E-state index in [1.54, 1.807) is 0 Å². The van der Waals surface area contributed by atoms with Gasteiger partial charge in [-0.2, -0.15) is 0 Å². The van der Waals surface area contributed by atoms with Gasteiger partial charge < -0.3 is 4.55 Å². The third-order valence-electron chi connectivity index (χ3n) is 1.13. The summed E-state index contributed by atoms with van der Waals surface area (Å²) in [5, 5.41) is 0. The predicted octanol–water partition coefficient (Wildman–Crippen LogP) is -2.12. The van der Waals surface area contributed by atoms with Crippen molar-refractivity contribution in [3.05, 3.63) is 24.3 Å². The largest absolute Gasteiger partial charge is 1.00 e. The second-order valence-corrected chi connectivity index (χ2v) is 3.84. The van der Waals surface area contributed by atoms with Crippen molar-refractivity contribution in [1.82, 2.24) is 0 Å². The van der Waals surface area contributed by atoms with Crippen molar-refractivity contribution >= 4 is 22.7 Å². The topological polar surface area (TPSA) is 57.2 Å². The van der Waals surface area contributed by atoms with Crippen LogP contribution >= 0.6 is 12.6 Å². The Hall–Kier alpha value is 0.480. The van der Waals surface area contributed by atoms with Crippen molar-refractivity contribution in [2.45, 2.75) is 9.79 Å². The molecule has 0 aromatic heterocycles. The molecular formula is C6H5NaO3S2. The molecule has 0 fully saturated rings. The van der Waals surface area contributed by atoms with E-state index in [1.807, 2.05) is 0 Å². The molecule has 3 nitrogen and oxygen atoms in total. The monoisotopic (exact) mass is 212 g/mol. The molecule has 0 amide bonds. The molecule has 1 aromatic rings. The molecular weight excluding hydrogens is 207 g/mol. The van der Waals surface area contributed by atoms with Crippen LogP contribution in [0, 0.1) is 0 Å². The van der Waals surface area contributed by atoms with E-state index < -0.39 is 10.1 Å². The van der Waals surface area contributed by atoms with Crippen molar-refractivity contribution in [2.75, 3.05) is 0 Å². The molecule has 0 aliphatic carbocycles. The van der Waals surface area contributed by atoms with E-state index >= 15 is 0 Å². The zero-order valence-corrected chi connectivity index (χ0v) is 10.1. The van der Waals surface area contributed by atoms with Crippen LogP contribution in [-0.4, -0.2) is 13.0 Å². The molecule has 60 valence electrons. The maximum atomic E-state index is 10.4. The van der Waals surface area contributed by atoms with Gasteiger partial charge >= 0.3 is 29.6 Å². The average Bonchev–Trinajstić information content (AvgIpc) is 1.86. The van der Waals surface area contributed by atoms with Crippen molar-refractivity contribution in [2.24, 2.45) is 0 Å². The number of hydrogen-bond donors (Lipinski definition) is 1. The van der Waals surface area contributed by atoms with Crippen LogP contribution in [0.25, 0.3) is 0 Å². The van der Waals surface area contributed by atoms with Gasteiger partial charge in [0, 0.05) is 4.90 Å². The smallest absolute Gasteiger partial charge is 0.744 e. The van der Waals surface area contributed by atoms with Gasteiger partial charge in [0.2, 0.25) is 0 Å². The standard InChI is InChI=1S/C6H6O3S2.Na/c7-11(8,9)6-3-1-5(10)2-4-6;/h1-4,10H,(H,7,8,9);/q;+1/p-1. The van der Waals surface area contributed by atoms with Crippen LogP contribution in [0.15, 0.2) is 34.1 Å². The Morgan fingerprint density at radius 1 is 1.17 bits per heavy atom. The molecule has 0 aliphatic heterocycles. The fourth-order valence-corrected chi connectivity index (χ4v) is 1.23. The Morgan fingerprint density at radius 2 is 1.58 bits per heavy atom. The maximum absolute atomic E-state index is 10.4. The fraction of sp³-hybridized carbons (Fsp3) is 0. The summed E-state index contributed by atoms with van der Waals surface area (Å²) < 4.78 is 31.1. The number of hydrogen-bond acceptors (Lipinski definition) is 4. The number of rotatable bonds is 1. The summed E-state index contributed by atoms with van der Waals surface area (Å²) in [7, 11) is -4.30. The van der Waals surface area contributed by atoms with Gasteiger partial charge in [0.15, 0.2) is 0 Å². The molecule has 0 heterocycles. The van der Waals surface area contributed by atoms with E-state index in [-0.39, 0.29) is 34.5 Å². The van der Waals surface area contributed by atoms with Crippen LogP contribution in [0.4, 0.5) is 0 Å². The molecule has 0 saturated heterocycles. The first-order valence-corrected chi connectivity index (χ1v) is 4.60. The summed E-state index contributed by atoms with van der Waals surface area (Å²) in [6.07, 6.45) is 0. The van der Waals surface area contributed by atoms with Crippen molar-refractivity contribution < 1.29 is 42.5 Å². The van der Waals surface area contributed by atoms with Gasteiger partial charge in [-0.3, -0.25) is 0 Å². The maximum Gasteiger partial charge on any atom is 1.00 e. The molecule has 0 unspecified atom stereocenters. The van der Waals surface area contributed by atoms with E-state index in [0.29, 0.717) is 4.90 Å². The van der Waals surface area contributed by atoms with E-state index in [9.17, 15) is 13.0 Å². The second kappa shape index (κ2) is 4.64. The minimum absolute atomic E-state index is 0. The van der Waals surface area contributed by atoms with Crippen LogP contribution in [0.5, 0.6) is 0 Å². The second-order valence-electron chi connectivity index (χ2n) is 1.95. The van der Waals surface area contributed by atoms with Gasteiger partial charge in [-0.25, -0.2) is 8.42 Å². The molecule has 12 heavy (non-hydrogen) atoms. The molecule has 1 rings (SSSR count). The molecule has 0 N–H and O–H groups in total. The Bertz CT molecular complexity index is 344. The molecule has 1 aromatic carbocycles. The minimum Gasteiger partial charge on any atom is -0.744 e. The summed E-state index contributed by atoms with van der Waals surface area (Å²) in [5.74, 6) is 0. The summed E-state index contributed by atoms with van der Waals surface area (Å²) >= 11 is 3.93. The SMILES string of the molecule is O=S(=O)([O-])c1ccc(S)cc1.[Na+]. The first kappa shape index (κ1) is 12.5. The molecule has 0 radical (unpaired) electrons. The van der Waals surface area contributed by atoms with Crippen LogP contribution < -0.4 is 29.6 Å². The van der Waals surface area contributed by atoms with Gasteiger partial charge in [0.1, 0.15) is 10.1 Å². The van der Waals surface area contributed by atoms with Crippen molar-refractivity contribution in [3.63, 3.8) is 0 Å². The normalized spacial score (nSPS) is 10.5. The van der Waals surface area contributed by atoms with Crippen LogP contribution in [0.3, 0.4) is 0 Å². The fourth-order valence-electron chi connectivity index (χ4n) is 0.613. The van der Waals surface area contributed by atoms with Gasteiger partial charge in [-0.05, 0) is 24.3 Å². The molecule has 0 spiro atoms. The molecule has 6 heteroatoms. The van der Waals surface area contributed by atoms with Crippen LogP contribution in [0.2, 0.25) is 0 Å². The quantitative estimate of drug-likeness (QED) is 0.329. The van der Waals surface area contributed by atoms with Crippen molar-refractivity contribution in [1.29, 1.82) is 0 Å². The zero-order valence-electron chi connectivity index (χ0n) is 6.39. The third kappa shape index (κ3) is 3.47. The Balaban J connectivity index is 0.00000121. The van der Waals surface area contributed by atoms with Crippen LogP contribution in [-0.2, 0) is 10.1 Å². The van der Waals surface area contributed by atoms with Crippen molar-refractivity contribution in [3.8, 4) is 0 Å². The summed E-state index contributed by atoms with van der Waals surface area (Å²) in [5.41, 5.74) is 0. The molecule has 0 bridgehead atoms. The van der Waals surface area contributed by atoms with E-state index in [2.05, 4.69) is 12.6 Å². The molecule has 0 aliphatic rings. The van der Waals surface area contributed by atoms with E-state index in [1.165, 1.54) is 24.3 Å². The third-order valence-corrected chi connectivity index (χ3v) is 2.27. The van der Waals surface area contributed by atoms with E-state index in [0.717, 1.165) is 0 Å². The Labute approximate surface area is 98.6 Å². The summed E-state index contributed by atoms with van der Waals surface area (Å²) in [6, 6.07) is 5.36. The Kier molecular flexibility index (Phi) is 4.83. The first-order chi connectivity index (χ1) is 5.00. The summed E-state index contributed by atoms with van der Waals surface area (Å²) in [6.45, 7) is 0. The van der Waals surface area contributed by atoms with Gasteiger partial charge in [-0.15, -0.1) is 12.6 Å². The molecule has 0 saturated carbocycles. The minimum atomic E-state index is -4.30. The predicted molar refractivity (Wildman–Crippen MR) is 41.7 cm³/mol. The number of thiol groups is 1.